The molecule has 0 bridgehead atoms. The van der Waals surface area contributed by atoms with Gasteiger partial charge < -0.3 is 10.1 Å². The number of nitrogens with zero attached hydrogens (tertiary/aromatic N) is 1. The Labute approximate surface area is 116 Å². The number of piperidine rings is 2. The molecule has 0 aromatic heterocycles. The van der Waals surface area contributed by atoms with E-state index in [0.717, 1.165) is 19.5 Å². The molecule has 0 aromatic rings. The lowest BCUT2D eigenvalue weighted by molar-refractivity contribution is -0.161. The minimum absolute atomic E-state index is 0.0138. The largest absolute Gasteiger partial charge is 0.460 e. The average Bonchev–Trinajstić information content (AvgIpc) is 2.38. The van der Waals surface area contributed by atoms with E-state index in [1.807, 2.05) is 20.8 Å². The SMILES string of the molecule is CC(C)(C)OC(=O)C1CNCC(N2CCCCC2)C1. The Hall–Kier alpha value is -0.610. The van der Waals surface area contributed by atoms with Gasteiger partial charge in [-0.2, -0.15) is 0 Å². The fourth-order valence-corrected chi connectivity index (χ4v) is 3.05. The summed E-state index contributed by atoms with van der Waals surface area (Å²) < 4.78 is 5.52. The molecule has 0 saturated carbocycles. The van der Waals surface area contributed by atoms with Crippen molar-refractivity contribution in [1.29, 1.82) is 0 Å². The highest BCUT2D eigenvalue weighted by atomic mass is 16.6. The molecule has 0 radical (unpaired) electrons. The van der Waals surface area contributed by atoms with Gasteiger partial charge in [0.25, 0.3) is 0 Å². The molecule has 2 atom stereocenters. The highest BCUT2D eigenvalue weighted by Gasteiger charge is 2.33. The molecule has 4 nitrogen and oxygen atoms in total. The van der Waals surface area contributed by atoms with Crippen LogP contribution in [0.25, 0.3) is 0 Å². The first-order valence-electron chi connectivity index (χ1n) is 7.63. The third kappa shape index (κ3) is 4.46. The fourth-order valence-electron chi connectivity index (χ4n) is 3.05. The van der Waals surface area contributed by atoms with Gasteiger partial charge in [-0.05, 0) is 53.1 Å². The van der Waals surface area contributed by atoms with Crippen LogP contribution in [-0.4, -0.2) is 48.7 Å². The maximum Gasteiger partial charge on any atom is 0.310 e. The zero-order chi connectivity index (χ0) is 13.9. The number of hydrogen-bond acceptors (Lipinski definition) is 4. The lowest BCUT2D eigenvalue weighted by Gasteiger charge is -2.39. The number of likely N-dealkylation sites (tertiary alicyclic amines) is 1. The maximum absolute atomic E-state index is 12.2. The van der Waals surface area contributed by atoms with Crippen molar-refractivity contribution in [3.05, 3.63) is 0 Å². The molecule has 2 heterocycles. The lowest BCUT2D eigenvalue weighted by atomic mass is 9.93. The first kappa shape index (κ1) is 14.8. The number of esters is 1. The topological polar surface area (TPSA) is 41.6 Å². The van der Waals surface area contributed by atoms with Gasteiger partial charge in [0.1, 0.15) is 5.60 Å². The Balaban J connectivity index is 1.87. The smallest absolute Gasteiger partial charge is 0.310 e. The van der Waals surface area contributed by atoms with Crippen LogP contribution in [0, 0.1) is 5.92 Å². The number of carbonyl (C=O) groups is 1. The zero-order valence-electron chi connectivity index (χ0n) is 12.6. The van der Waals surface area contributed by atoms with Crippen LogP contribution in [0.4, 0.5) is 0 Å². The molecule has 4 heteroatoms. The Morgan fingerprint density at radius 3 is 2.47 bits per heavy atom. The summed E-state index contributed by atoms with van der Waals surface area (Å²) in [6.07, 6.45) is 4.90. The van der Waals surface area contributed by atoms with Gasteiger partial charge in [-0.15, -0.1) is 0 Å². The number of ether oxygens (including phenoxy) is 1. The van der Waals surface area contributed by atoms with Gasteiger partial charge in [0.2, 0.25) is 0 Å². The molecule has 0 aliphatic carbocycles. The van der Waals surface area contributed by atoms with Crippen molar-refractivity contribution in [2.45, 2.75) is 58.1 Å². The first-order valence-corrected chi connectivity index (χ1v) is 7.63. The highest BCUT2D eigenvalue weighted by molar-refractivity contribution is 5.73. The molecular weight excluding hydrogens is 240 g/mol. The Morgan fingerprint density at radius 1 is 1.16 bits per heavy atom. The van der Waals surface area contributed by atoms with Crippen molar-refractivity contribution in [3.8, 4) is 0 Å². The van der Waals surface area contributed by atoms with Gasteiger partial charge in [0, 0.05) is 19.1 Å². The Bertz CT molecular complexity index is 306. The molecule has 2 unspecified atom stereocenters. The molecule has 0 spiro atoms. The van der Waals surface area contributed by atoms with Gasteiger partial charge in [0.15, 0.2) is 0 Å². The molecule has 2 saturated heterocycles. The second kappa shape index (κ2) is 6.23. The molecule has 2 aliphatic heterocycles. The van der Waals surface area contributed by atoms with E-state index in [4.69, 9.17) is 4.74 Å². The molecule has 1 N–H and O–H groups in total. The minimum atomic E-state index is -0.380. The van der Waals surface area contributed by atoms with Gasteiger partial charge in [0.05, 0.1) is 5.92 Å². The van der Waals surface area contributed by atoms with Crippen molar-refractivity contribution in [1.82, 2.24) is 10.2 Å². The summed E-state index contributed by atoms with van der Waals surface area (Å²) in [7, 11) is 0. The Kier molecular flexibility index (Phi) is 4.85. The van der Waals surface area contributed by atoms with Crippen LogP contribution in [0.5, 0.6) is 0 Å². The summed E-state index contributed by atoms with van der Waals surface area (Å²) in [6, 6.07) is 0.506. The molecule has 2 rings (SSSR count). The third-order valence-electron chi connectivity index (χ3n) is 3.97. The van der Waals surface area contributed by atoms with Crippen molar-refractivity contribution in [3.63, 3.8) is 0 Å². The van der Waals surface area contributed by atoms with Crippen LogP contribution in [0.3, 0.4) is 0 Å². The molecule has 2 aliphatic rings. The number of rotatable bonds is 2. The number of hydrogen-bond donors (Lipinski definition) is 1. The first-order chi connectivity index (χ1) is 8.96. The molecular formula is C15H28N2O2. The number of nitrogens with one attached hydrogen (secondary N) is 1. The zero-order valence-corrected chi connectivity index (χ0v) is 12.6. The van der Waals surface area contributed by atoms with Gasteiger partial charge in [-0.25, -0.2) is 0 Å². The predicted molar refractivity (Wildman–Crippen MR) is 76.0 cm³/mol. The van der Waals surface area contributed by atoms with Crippen LogP contribution in [0.15, 0.2) is 0 Å². The summed E-state index contributed by atoms with van der Waals surface area (Å²) >= 11 is 0. The average molecular weight is 268 g/mol. The van der Waals surface area contributed by atoms with Crippen LogP contribution in [-0.2, 0) is 9.53 Å². The van der Waals surface area contributed by atoms with E-state index in [-0.39, 0.29) is 17.5 Å². The van der Waals surface area contributed by atoms with Crippen molar-refractivity contribution in [2.24, 2.45) is 5.92 Å². The van der Waals surface area contributed by atoms with Crippen molar-refractivity contribution in [2.75, 3.05) is 26.2 Å². The molecule has 110 valence electrons. The standard InChI is InChI=1S/C15H28N2O2/c1-15(2,3)19-14(18)12-9-13(11-16-10-12)17-7-5-4-6-8-17/h12-13,16H,4-11H2,1-3H3. The quantitative estimate of drug-likeness (QED) is 0.775. The summed E-state index contributed by atoms with van der Waals surface area (Å²) in [5.74, 6) is -0.0263. The third-order valence-corrected chi connectivity index (χ3v) is 3.97. The fraction of sp³-hybridized carbons (Fsp3) is 0.933. The Morgan fingerprint density at radius 2 is 1.84 bits per heavy atom. The second-order valence-corrected chi connectivity index (χ2v) is 6.87. The number of carbonyl (C=O) groups excluding carboxylic acids is 1. The van der Waals surface area contributed by atoms with E-state index in [2.05, 4.69) is 10.2 Å². The van der Waals surface area contributed by atoms with E-state index < -0.39 is 0 Å². The van der Waals surface area contributed by atoms with E-state index in [1.54, 1.807) is 0 Å². The van der Waals surface area contributed by atoms with E-state index in [9.17, 15) is 4.79 Å². The minimum Gasteiger partial charge on any atom is -0.460 e. The van der Waals surface area contributed by atoms with Crippen LogP contribution >= 0.6 is 0 Å². The van der Waals surface area contributed by atoms with Crippen molar-refractivity contribution < 1.29 is 9.53 Å². The molecule has 19 heavy (non-hydrogen) atoms. The second-order valence-electron chi connectivity index (χ2n) is 6.87. The summed E-state index contributed by atoms with van der Waals surface area (Å²) in [6.45, 7) is 9.95. The monoisotopic (exact) mass is 268 g/mol. The summed E-state index contributed by atoms with van der Waals surface area (Å²) in [5, 5.41) is 3.41. The lowest BCUT2D eigenvalue weighted by Crippen LogP contribution is -2.52. The maximum atomic E-state index is 12.2. The molecule has 0 amide bonds. The van der Waals surface area contributed by atoms with E-state index >= 15 is 0 Å². The van der Waals surface area contributed by atoms with E-state index in [1.165, 1.54) is 32.4 Å². The molecule has 2 fully saturated rings. The van der Waals surface area contributed by atoms with Crippen LogP contribution in [0.2, 0.25) is 0 Å². The van der Waals surface area contributed by atoms with Crippen LogP contribution < -0.4 is 5.32 Å². The van der Waals surface area contributed by atoms with Gasteiger partial charge >= 0.3 is 5.97 Å². The normalized spacial score (nSPS) is 30.1. The van der Waals surface area contributed by atoms with Crippen molar-refractivity contribution >= 4 is 5.97 Å². The van der Waals surface area contributed by atoms with Gasteiger partial charge in [-0.1, -0.05) is 6.42 Å². The summed E-state index contributed by atoms with van der Waals surface area (Å²) in [4.78, 5) is 14.7. The highest BCUT2D eigenvalue weighted by Crippen LogP contribution is 2.22. The molecule has 0 aromatic carbocycles. The van der Waals surface area contributed by atoms with E-state index in [0.29, 0.717) is 6.04 Å². The summed E-state index contributed by atoms with van der Waals surface area (Å²) in [5.41, 5.74) is -0.380. The van der Waals surface area contributed by atoms with Crippen LogP contribution in [0.1, 0.15) is 46.5 Å². The van der Waals surface area contributed by atoms with Gasteiger partial charge in [-0.3, -0.25) is 9.69 Å². The predicted octanol–water partition coefficient (Wildman–Crippen LogP) is 1.79.